The largest absolute Gasteiger partial charge is 0.423 e. The Morgan fingerprint density at radius 2 is 1.86 bits per heavy atom. The number of nitrogens with zero attached hydrogens (tertiary/aromatic N) is 3. The molecule has 0 spiro atoms. The number of benzene rings is 2. The molecule has 0 saturated carbocycles. The van der Waals surface area contributed by atoms with Crippen molar-refractivity contribution >= 4 is 34.0 Å². The number of halogens is 1. The molecular formula is C14H8ClN3O3. The lowest BCUT2D eigenvalue weighted by Crippen LogP contribution is -2.08. The van der Waals surface area contributed by atoms with Gasteiger partial charge in [0.25, 0.3) is 0 Å². The molecule has 3 aromatic rings. The predicted octanol–water partition coefficient (Wildman–Crippen LogP) is 2.86. The van der Waals surface area contributed by atoms with Crippen molar-refractivity contribution in [3.05, 3.63) is 54.1 Å². The van der Waals surface area contributed by atoms with Crippen LogP contribution in [0.4, 0.5) is 4.79 Å². The van der Waals surface area contributed by atoms with Crippen LogP contribution in [-0.2, 0) is 0 Å². The fourth-order valence-electron chi connectivity index (χ4n) is 1.84. The van der Waals surface area contributed by atoms with Crippen LogP contribution >= 0.6 is 11.6 Å². The van der Waals surface area contributed by atoms with Crippen molar-refractivity contribution in [3.8, 4) is 5.75 Å². The number of carbonyl (C=O) groups is 2. The first-order valence-corrected chi connectivity index (χ1v) is 6.35. The van der Waals surface area contributed by atoms with Crippen LogP contribution < -0.4 is 4.74 Å². The molecule has 6 nitrogen and oxygen atoms in total. The van der Waals surface area contributed by atoms with Crippen molar-refractivity contribution in [1.29, 1.82) is 0 Å². The number of para-hydroxylation sites is 1. The van der Waals surface area contributed by atoms with Gasteiger partial charge in [-0.3, -0.25) is 4.79 Å². The summed E-state index contributed by atoms with van der Waals surface area (Å²) in [7, 11) is 0. The quantitative estimate of drug-likeness (QED) is 0.413. The van der Waals surface area contributed by atoms with Gasteiger partial charge in [0, 0.05) is 0 Å². The number of rotatable bonds is 2. The van der Waals surface area contributed by atoms with E-state index >= 15 is 0 Å². The van der Waals surface area contributed by atoms with E-state index in [1.807, 2.05) is 6.07 Å². The van der Waals surface area contributed by atoms with Crippen molar-refractivity contribution in [2.24, 2.45) is 0 Å². The fourth-order valence-corrected chi connectivity index (χ4v) is 1.96. The molecule has 0 atom stereocenters. The molecule has 0 radical (unpaired) electrons. The maximum absolute atomic E-state index is 12.0. The number of ether oxygens (including phenoxy) is 1. The molecule has 0 fully saturated rings. The number of esters is 1. The summed E-state index contributed by atoms with van der Waals surface area (Å²) in [4.78, 5) is 23.1. The Morgan fingerprint density at radius 1 is 1.10 bits per heavy atom. The molecule has 0 aliphatic carbocycles. The highest BCUT2D eigenvalue weighted by atomic mass is 35.5. The Hall–Kier alpha value is -2.73. The first kappa shape index (κ1) is 13.3. The average molecular weight is 302 g/mol. The lowest BCUT2D eigenvalue weighted by Gasteiger charge is -2.03. The molecule has 104 valence electrons. The highest BCUT2D eigenvalue weighted by Crippen LogP contribution is 2.17. The molecule has 1 heterocycles. The second-order valence-corrected chi connectivity index (χ2v) is 4.48. The van der Waals surface area contributed by atoms with Crippen LogP contribution in [0.2, 0.25) is 0 Å². The van der Waals surface area contributed by atoms with Gasteiger partial charge in [0.1, 0.15) is 11.3 Å². The van der Waals surface area contributed by atoms with Gasteiger partial charge in [-0.15, -0.1) is 5.10 Å². The molecule has 21 heavy (non-hydrogen) atoms. The molecule has 1 aromatic heterocycles. The van der Waals surface area contributed by atoms with Crippen LogP contribution in [0, 0.1) is 0 Å². The zero-order valence-electron chi connectivity index (χ0n) is 10.6. The number of hydrogen-bond donors (Lipinski definition) is 0. The van der Waals surface area contributed by atoms with Gasteiger partial charge in [0.2, 0.25) is 0 Å². The molecule has 0 amide bonds. The number of hydrogen-bond acceptors (Lipinski definition) is 5. The SMILES string of the molecule is O=C(Oc1ccccc1)c1ccc2c(c1)nnn2C(=O)Cl. The Morgan fingerprint density at radius 3 is 2.57 bits per heavy atom. The zero-order chi connectivity index (χ0) is 14.8. The molecule has 0 aliphatic heterocycles. The van der Waals surface area contributed by atoms with Gasteiger partial charge < -0.3 is 4.74 Å². The summed E-state index contributed by atoms with van der Waals surface area (Å²) >= 11 is 5.36. The van der Waals surface area contributed by atoms with E-state index in [4.69, 9.17) is 16.3 Å². The molecule has 0 N–H and O–H groups in total. The zero-order valence-corrected chi connectivity index (χ0v) is 11.3. The van der Waals surface area contributed by atoms with Crippen molar-refractivity contribution in [2.45, 2.75) is 0 Å². The summed E-state index contributed by atoms with van der Waals surface area (Å²) in [6.07, 6.45) is 0. The van der Waals surface area contributed by atoms with Crippen LogP contribution in [0.25, 0.3) is 11.0 Å². The van der Waals surface area contributed by atoms with Crippen molar-refractivity contribution in [1.82, 2.24) is 15.0 Å². The molecule has 2 aromatic carbocycles. The van der Waals surface area contributed by atoms with Crippen molar-refractivity contribution in [2.75, 3.05) is 0 Å². The highest BCUT2D eigenvalue weighted by Gasteiger charge is 2.14. The van der Waals surface area contributed by atoms with Gasteiger partial charge in [-0.2, -0.15) is 4.68 Å². The Bertz CT molecular complexity index is 830. The fraction of sp³-hybridized carbons (Fsp3) is 0. The topological polar surface area (TPSA) is 74.1 Å². The van der Waals surface area contributed by atoms with Gasteiger partial charge in [-0.25, -0.2) is 4.79 Å². The minimum atomic E-state index is -0.767. The summed E-state index contributed by atoms with van der Waals surface area (Å²) in [6.45, 7) is 0. The number of carbonyl (C=O) groups excluding carboxylic acids is 2. The Kier molecular flexibility index (Phi) is 3.37. The average Bonchev–Trinajstić information content (AvgIpc) is 2.91. The van der Waals surface area contributed by atoms with Crippen molar-refractivity contribution in [3.63, 3.8) is 0 Å². The number of fused-ring (bicyclic) bond motifs is 1. The van der Waals surface area contributed by atoms with Gasteiger partial charge in [-0.05, 0) is 41.9 Å². The third-order valence-corrected chi connectivity index (χ3v) is 2.96. The molecular weight excluding hydrogens is 294 g/mol. The smallest absolute Gasteiger partial charge is 0.343 e. The summed E-state index contributed by atoms with van der Waals surface area (Å²) < 4.78 is 6.16. The first-order valence-electron chi connectivity index (χ1n) is 5.98. The summed E-state index contributed by atoms with van der Waals surface area (Å²) in [5, 5.41) is 6.64. The molecule has 3 rings (SSSR count). The Labute approximate surface area is 123 Å². The maximum atomic E-state index is 12.0. The molecule has 0 saturated heterocycles. The lowest BCUT2D eigenvalue weighted by atomic mass is 10.2. The highest BCUT2D eigenvalue weighted by molar-refractivity contribution is 6.63. The minimum absolute atomic E-state index is 0.306. The first-order chi connectivity index (χ1) is 10.1. The Balaban J connectivity index is 1.91. The third-order valence-electron chi connectivity index (χ3n) is 2.80. The van der Waals surface area contributed by atoms with Crippen LogP contribution in [0.1, 0.15) is 10.4 Å². The van der Waals surface area contributed by atoms with Gasteiger partial charge >= 0.3 is 11.3 Å². The van der Waals surface area contributed by atoms with E-state index in [1.165, 1.54) is 18.2 Å². The standard InChI is InChI=1S/C14H8ClN3O3/c15-14(20)18-12-7-6-9(8-11(12)16-17-18)13(19)21-10-4-2-1-3-5-10/h1-8H. The van der Waals surface area contributed by atoms with Crippen LogP contribution in [0.3, 0.4) is 0 Å². The van der Waals surface area contributed by atoms with Crippen molar-refractivity contribution < 1.29 is 14.3 Å². The summed E-state index contributed by atoms with van der Waals surface area (Å²) in [6, 6.07) is 13.3. The van der Waals surface area contributed by atoms with E-state index in [1.54, 1.807) is 24.3 Å². The van der Waals surface area contributed by atoms with Crippen LogP contribution in [-0.4, -0.2) is 26.3 Å². The monoisotopic (exact) mass is 301 g/mol. The van der Waals surface area contributed by atoms with E-state index in [9.17, 15) is 9.59 Å². The molecule has 0 aliphatic rings. The number of aromatic nitrogens is 3. The molecule has 0 unspecified atom stereocenters. The van der Waals surface area contributed by atoms with Gasteiger partial charge in [0.15, 0.2) is 0 Å². The van der Waals surface area contributed by atoms with E-state index < -0.39 is 11.3 Å². The molecule has 0 bridgehead atoms. The summed E-state index contributed by atoms with van der Waals surface area (Å²) in [5.41, 5.74) is 1.11. The second-order valence-electron chi connectivity index (χ2n) is 4.16. The minimum Gasteiger partial charge on any atom is -0.423 e. The third kappa shape index (κ3) is 2.61. The maximum Gasteiger partial charge on any atom is 0.343 e. The lowest BCUT2D eigenvalue weighted by molar-refractivity contribution is 0.0735. The van der Waals surface area contributed by atoms with Crippen LogP contribution in [0.15, 0.2) is 48.5 Å². The summed E-state index contributed by atoms with van der Waals surface area (Å²) in [5.74, 6) is -0.0722. The van der Waals surface area contributed by atoms with Gasteiger partial charge in [0.05, 0.1) is 11.1 Å². The van der Waals surface area contributed by atoms with E-state index in [2.05, 4.69) is 10.3 Å². The van der Waals surface area contributed by atoms with Crippen LogP contribution in [0.5, 0.6) is 5.75 Å². The van der Waals surface area contributed by atoms with E-state index in [-0.39, 0.29) is 0 Å². The van der Waals surface area contributed by atoms with E-state index in [0.717, 1.165) is 4.68 Å². The van der Waals surface area contributed by atoms with Gasteiger partial charge in [-0.1, -0.05) is 23.4 Å². The normalized spacial score (nSPS) is 10.5. The second kappa shape index (κ2) is 5.34. The van der Waals surface area contributed by atoms with E-state index in [0.29, 0.717) is 22.3 Å². The predicted molar refractivity (Wildman–Crippen MR) is 75.6 cm³/mol. The molecule has 7 heteroatoms.